The highest BCUT2D eigenvalue weighted by atomic mass is 16.2. The number of pyridine rings is 1. The first-order valence-electron chi connectivity index (χ1n) is 10.8. The number of anilines is 2. The smallest absolute Gasteiger partial charge is 0.262 e. The van der Waals surface area contributed by atoms with Gasteiger partial charge >= 0.3 is 0 Å². The molecule has 1 fully saturated rings. The average Bonchev–Trinajstić information content (AvgIpc) is 3.01. The zero-order valence-electron chi connectivity index (χ0n) is 18.1. The molecular weight excluding hydrogens is 376 g/mol. The maximum Gasteiger partial charge on any atom is 0.262 e. The van der Waals surface area contributed by atoms with E-state index in [4.69, 9.17) is 0 Å². The monoisotopic (exact) mass is 406 g/mol. The largest absolute Gasteiger partial charge is 0.354 e. The summed E-state index contributed by atoms with van der Waals surface area (Å²) >= 11 is 0. The number of benzene rings is 1. The van der Waals surface area contributed by atoms with Gasteiger partial charge in [0.15, 0.2) is 0 Å². The molecule has 1 saturated heterocycles. The van der Waals surface area contributed by atoms with Crippen LogP contribution in [0.15, 0.2) is 42.6 Å². The number of hydrogen-bond acceptors (Lipinski definition) is 4. The average molecular weight is 407 g/mol. The second-order valence-corrected chi connectivity index (χ2v) is 9.09. The molecule has 6 heteroatoms. The lowest BCUT2D eigenvalue weighted by molar-refractivity contribution is -0.139. The molecule has 158 valence electrons. The van der Waals surface area contributed by atoms with E-state index < -0.39 is 0 Å². The van der Waals surface area contributed by atoms with Gasteiger partial charge in [-0.3, -0.25) is 9.59 Å². The van der Waals surface area contributed by atoms with Crippen LogP contribution in [0.5, 0.6) is 0 Å². The lowest BCUT2D eigenvalue weighted by Crippen LogP contribution is -2.42. The van der Waals surface area contributed by atoms with E-state index in [9.17, 15) is 9.59 Å². The first-order chi connectivity index (χ1) is 14.4. The Kier molecular flexibility index (Phi) is 5.50. The van der Waals surface area contributed by atoms with Crippen LogP contribution >= 0.6 is 0 Å². The number of para-hydroxylation sites is 1. The topological polar surface area (TPSA) is 56.8 Å². The second kappa shape index (κ2) is 8.09. The number of rotatable bonds is 2. The van der Waals surface area contributed by atoms with Crippen molar-refractivity contribution < 1.29 is 9.59 Å². The van der Waals surface area contributed by atoms with E-state index in [1.54, 1.807) is 6.20 Å². The maximum absolute atomic E-state index is 13.5. The minimum absolute atomic E-state index is 0.00470. The molecule has 6 nitrogen and oxygen atoms in total. The van der Waals surface area contributed by atoms with Gasteiger partial charge in [0.2, 0.25) is 5.91 Å². The van der Waals surface area contributed by atoms with Crippen molar-refractivity contribution in [3.63, 3.8) is 0 Å². The summed E-state index contributed by atoms with van der Waals surface area (Å²) in [7, 11) is 0. The number of carbonyl (C=O) groups is 2. The molecule has 0 aliphatic carbocycles. The molecule has 2 amide bonds. The molecule has 1 aromatic carbocycles. The summed E-state index contributed by atoms with van der Waals surface area (Å²) in [6.45, 7) is 9.41. The lowest BCUT2D eigenvalue weighted by atomic mass is 9.94. The predicted molar refractivity (Wildman–Crippen MR) is 119 cm³/mol. The molecule has 0 radical (unpaired) electrons. The summed E-state index contributed by atoms with van der Waals surface area (Å²) in [6.07, 6.45) is 3.48. The summed E-state index contributed by atoms with van der Waals surface area (Å²) in [6, 6.07) is 11.8. The van der Waals surface area contributed by atoms with Gasteiger partial charge in [0.1, 0.15) is 5.82 Å². The van der Waals surface area contributed by atoms with Crippen LogP contribution in [0, 0.1) is 5.41 Å². The molecule has 0 atom stereocenters. The minimum Gasteiger partial charge on any atom is -0.354 e. The third-order valence-corrected chi connectivity index (χ3v) is 5.87. The minimum atomic E-state index is -0.384. The van der Waals surface area contributed by atoms with Crippen LogP contribution in [0.25, 0.3) is 0 Å². The van der Waals surface area contributed by atoms with E-state index >= 15 is 0 Å². The molecule has 0 unspecified atom stereocenters. The molecule has 2 aliphatic heterocycles. The van der Waals surface area contributed by atoms with Gasteiger partial charge in [0.05, 0.1) is 5.56 Å². The fourth-order valence-corrected chi connectivity index (χ4v) is 4.32. The molecule has 0 spiro atoms. The second-order valence-electron chi connectivity index (χ2n) is 9.09. The molecule has 1 aromatic heterocycles. The van der Waals surface area contributed by atoms with Crippen molar-refractivity contribution in [3.05, 3.63) is 53.7 Å². The Balaban J connectivity index is 1.56. The van der Waals surface area contributed by atoms with E-state index in [-0.39, 0.29) is 17.2 Å². The molecular formula is C24H30N4O2. The Morgan fingerprint density at radius 3 is 2.53 bits per heavy atom. The van der Waals surface area contributed by atoms with Gasteiger partial charge in [-0.25, -0.2) is 4.98 Å². The van der Waals surface area contributed by atoms with Crippen molar-refractivity contribution >= 4 is 23.3 Å². The first-order valence-corrected chi connectivity index (χ1v) is 10.8. The summed E-state index contributed by atoms with van der Waals surface area (Å²) in [5, 5.41) is 0. The quantitative estimate of drug-likeness (QED) is 0.767. The van der Waals surface area contributed by atoms with Crippen LogP contribution in [0.1, 0.15) is 43.1 Å². The number of hydrogen-bond donors (Lipinski definition) is 0. The third kappa shape index (κ3) is 3.91. The molecule has 2 aliphatic rings. The van der Waals surface area contributed by atoms with Crippen LogP contribution in [0.2, 0.25) is 0 Å². The highest BCUT2D eigenvalue weighted by Crippen LogP contribution is 2.31. The number of amides is 2. The van der Waals surface area contributed by atoms with Gasteiger partial charge in [-0.2, -0.15) is 0 Å². The third-order valence-electron chi connectivity index (χ3n) is 5.87. The first kappa shape index (κ1) is 20.4. The Hall–Kier alpha value is -2.89. The number of carbonyl (C=O) groups excluding carboxylic acids is 2. The van der Waals surface area contributed by atoms with Crippen molar-refractivity contribution in [2.24, 2.45) is 5.41 Å². The Morgan fingerprint density at radius 2 is 1.73 bits per heavy atom. The highest BCUT2D eigenvalue weighted by molar-refractivity contribution is 6.10. The van der Waals surface area contributed by atoms with Crippen LogP contribution in [0.4, 0.5) is 11.5 Å². The van der Waals surface area contributed by atoms with Crippen molar-refractivity contribution in [2.45, 2.75) is 33.6 Å². The number of fused-ring (bicyclic) bond motifs is 1. The molecule has 0 N–H and O–H groups in total. The Bertz CT molecular complexity index is 950. The van der Waals surface area contributed by atoms with E-state index in [1.807, 2.05) is 60.9 Å². The number of aromatic nitrogens is 1. The fourth-order valence-electron chi connectivity index (χ4n) is 4.32. The van der Waals surface area contributed by atoms with Gasteiger partial charge in [-0.05, 0) is 36.6 Å². The van der Waals surface area contributed by atoms with Gasteiger partial charge < -0.3 is 14.7 Å². The summed E-state index contributed by atoms with van der Waals surface area (Å²) in [5.41, 5.74) is 2.45. The zero-order valence-corrected chi connectivity index (χ0v) is 18.1. The van der Waals surface area contributed by atoms with Crippen molar-refractivity contribution in [3.8, 4) is 0 Å². The van der Waals surface area contributed by atoms with E-state index in [1.165, 1.54) is 5.56 Å². The van der Waals surface area contributed by atoms with Crippen molar-refractivity contribution in [1.82, 2.24) is 9.88 Å². The van der Waals surface area contributed by atoms with Crippen molar-refractivity contribution in [2.75, 3.05) is 42.5 Å². The Labute approximate surface area is 178 Å². The summed E-state index contributed by atoms with van der Waals surface area (Å²) in [5.74, 6) is 0.891. The van der Waals surface area contributed by atoms with Gasteiger partial charge in [-0.1, -0.05) is 39.0 Å². The van der Waals surface area contributed by atoms with Crippen LogP contribution in [0.3, 0.4) is 0 Å². The van der Waals surface area contributed by atoms with Crippen LogP contribution in [-0.4, -0.2) is 54.4 Å². The number of nitrogens with zero attached hydrogens (tertiary/aromatic N) is 4. The molecule has 2 aromatic rings. The van der Waals surface area contributed by atoms with E-state index in [2.05, 4.69) is 16.0 Å². The van der Waals surface area contributed by atoms with E-state index in [0.717, 1.165) is 37.4 Å². The SMILES string of the molecule is CC(C)(C)C(=O)N1CCCN(c2ncccc2C(=O)N2CCc3ccccc32)CC1. The van der Waals surface area contributed by atoms with Gasteiger partial charge in [0.25, 0.3) is 5.91 Å². The lowest BCUT2D eigenvalue weighted by Gasteiger charge is -2.29. The van der Waals surface area contributed by atoms with Crippen LogP contribution in [-0.2, 0) is 11.2 Å². The fraction of sp³-hybridized carbons (Fsp3) is 0.458. The van der Waals surface area contributed by atoms with Crippen LogP contribution < -0.4 is 9.80 Å². The normalized spacial score (nSPS) is 17.0. The molecule has 30 heavy (non-hydrogen) atoms. The molecule has 0 saturated carbocycles. The molecule has 3 heterocycles. The predicted octanol–water partition coefficient (Wildman–Crippen LogP) is 3.37. The summed E-state index contributed by atoms with van der Waals surface area (Å²) in [4.78, 5) is 36.7. The summed E-state index contributed by atoms with van der Waals surface area (Å²) < 4.78 is 0. The zero-order chi connectivity index (χ0) is 21.3. The Morgan fingerprint density at radius 1 is 0.933 bits per heavy atom. The standard InChI is InChI=1S/C24H30N4O2/c1-24(2,3)23(30)27-14-7-13-26(16-17-27)21-19(9-6-12-25-21)22(29)28-15-11-18-8-4-5-10-20(18)28/h4-6,8-10,12H,7,11,13-17H2,1-3H3. The van der Waals surface area contributed by atoms with Gasteiger partial charge in [-0.15, -0.1) is 0 Å². The van der Waals surface area contributed by atoms with Gasteiger partial charge in [0, 0.05) is 50.0 Å². The highest BCUT2D eigenvalue weighted by Gasteiger charge is 2.31. The molecule has 4 rings (SSSR count). The molecule has 0 bridgehead atoms. The maximum atomic E-state index is 13.5. The van der Waals surface area contributed by atoms with Crippen molar-refractivity contribution in [1.29, 1.82) is 0 Å². The van der Waals surface area contributed by atoms with E-state index in [0.29, 0.717) is 25.2 Å².